The molecule has 0 radical (unpaired) electrons. The Balaban J connectivity index is 1.61. The average molecular weight is 443 g/mol. The first-order valence-corrected chi connectivity index (χ1v) is 11.4. The SMILES string of the molecule is CC1CCCC1Oc1cc(Cl)c(C#N)cc1NSc1cc(C(=O)O)ccc1C1CC1. The van der Waals surface area contributed by atoms with Gasteiger partial charge in [0.2, 0.25) is 0 Å². The summed E-state index contributed by atoms with van der Waals surface area (Å²) in [5, 5.41) is 19.1. The molecule has 30 heavy (non-hydrogen) atoms. The zero-order chi connectivity index (χ0) is 21.3. The van der Waals surface area contributed by atoms with Gasteiger partial charge < -0.3 is 14.6 Å². The zero-order valence-electron chi connectivity index (χ0n) is 16.7. The minimum Gasteiger partial charge on any atom is -0.488 e. The molecule has 2 aromatic rings. The molecule has 2 aliphatic rings. The Labute approximate surface area is 185 Å². The molecule has 7 heteroatoms. The molecule has 0 heterocycles. The van der Waals surface area contributed by atoms with Crippen molar-refractivity contribution in [2.75, 3.05) is 4.72 Å². The number of carbonyl (C=O) groups is 1. The molecule has 2 fully saturated rings. The Kier molecular flexibility index (Phi) is 6.12. The average Bonchev–Trinajstić information content (AvgIpc) is 3.50. The number of hydrogen-bond donors (Lipinski definition) is 2. The molecular formula is C23H23ClN2O3S. The molecule has 0 bridgehead atoms. The first-order valence-electron chi connectivity index (χ1n) is 10.2. The molecule has 0 aliphatic heterocycles. The first kappa shape index (κ1) is 20.9. The molecule has 156 valence electrons. The van der Waals surface area contributed by atoms with Crippen molar-refractivity contribution in [2.45, 2.75) is 55.9 Å². The van der Waals surface area contributed by atoms with Crippen molar-refractivity contribution in [3.8, 4) is 11.8 Å². The lowest BCUT2D eigenvalue weighted by Gasteiger charge is -2.21. The van der Waals surface area contributed by atoms with Crippen LogP contribution in [0.25, 0.3) is 0 Å². The van der Waals surface area contributed by atoms with Crippen LogP contribution < -0.4 is 9.46 Å². The van der Waals surface area contributed by atoms with E-state index in [9.17, 15) is 15.2 Å². The fourth-order valence-electron chi connectivity index (χ4n) is 3.86. The van der Waals surface area contributed by atoms with Crippen LogP contribution in [-0.4, -0.2) is 17.2 Å². The van der Waals surface area contributed by atoms with E-state index in [1.807, 2.05) is 6.07 Å². The second-order valence-electron chi connectivity index (χ2n) is 8.04. The predicted molar refractivity (Wildman–Crippen MR) is 118 cm³/mol. The van der Waals surface area contributed by atoms with Crippen LogP contribution >= 0.6 is 23.5 Å². The predicted octanol–water partition coefficient (Wildman–Crippen LogP) is 6.47. The lowest BCUT2D eigenvalue weighted by atomic mass is 10.1. The van der Waals surface area contributed by atoms with Crippen molar-refractivity contribution < 1.29 is 14.6 Å². The maximum atomic E-state index is 11.4. The molecule has 0 aromatic heterocycles. The summed E-state index contributed by atoms with van der Waals surface area (Å²) in [6.45, 7) is 2.18. The summed E-state index contributed by atoms with van der Waals surface area (Å²) >= 11 is 7.62. The third-order valence-corrected chi connectivity index (χ3v) is 7.01. The summed E-state index contributed by atoms with van der Waals surface area (Å²) in [6, 6.07) is 10.8. The largest absolute Gasteiger partial charge is 0.488 e. The molecule has 5 nitrogen and oxygen atoms in total. The monoisotopic (exact) mass is 442 g/mol. The van der Waals surface area contributed by atoms with Crippen LogP contribution in [0.15, 0.2) is 35.2 Å². The number of rotatable bonds is 7. The van der Waals surface area contributed by atoms with Crippen LogP contribution in [0, 0.1) is 17.2 Å². The van der Waals surface area contributed by atoms with Gasteiger partial charge in [-0.2, -0.15) is 5.26 Å². The number of hydrogen-bond acceptors (Lipinski definition) is 5. The van der Waals surface area contributed by atoms with Gasteiger partial charge in [0.05, 0.1) is 21.8 Å². The van der Waals surface area contributed by atoms with E-state index < -0.39 is 5.97 Å². The summed E-state index contributed by atoms with van der Waals surface area (Å²) in [5.41, 5.74) is 2.45. The number of nitrogens with one attached hydrogen (secondary N) is 1. The van der Waals surface area contributed by atoms with Gasteiger partial charge in [-0.15, -0.1) is 0 Å². The molecule has 2 unspecified atom stereocenters. The van der Waals surface area contributed by atoms with E-state index in [-0.39, 0.29) is 11.7 Å². The van der Waals surface area contributed by atoms with Crippen LogP contribution in [0.5, 0.6) is 5.75 Å². The Morgan fingerprint density at radius 3 is 2.70 bits per heavy atom. The first-order chi connectivity index (χ1) is 14.5. The highest BCUT2D eigenvalue weighted by Gasteiger charge is 2.28. The van der Waals surface area contributed by atoms with Gasteiger partial charge in [-0.3, -0.25) is 0 Å². The van der Waals surface area contributed by atoms with Crippen LogP contribution in [0.4, 0.5) is 5.69 Å². The van der Waals surface area contributed by atoms with Crippen molar-refractivity contribution in [3.05, 3.63) is 52.0 Å². The number of aromatic carboxylic acids is 1. The quantitative estimate of drug-likeness (QED) is 0.478. The highest BCUT2D eigenvalue weighted by Crippen LogP contribution is 2.45. The molecule has 0 spiro atoms. The fraction of sp³-hybridized carbons (Fsp3) is 0.391. The van der Waals surface area contributed by atoms with E-state index in [4.69, 9.17) is 16.3 Å². The summed E-state index contributed by atoms with van der Waals surface area (Å²) in [4.78, 5) is 12.3. The van der Waals surface area contributed by atoms with Crippen molar-refractivity contribution in [2.24, 2.45) is 5.92 Å². The number of anilines is 1. The van der Waals surface area contributed by atoms with Crippen LogP contribution in [0.3, 0.4) is 0 Å². The Morgan fingerprint density at radius 1 is 1.27 bits per heavy atom. The van der Waals surface area contributed by atoms with E-state index in [0.29, 0.717) is 33.9 Å². The van der Waals surface area contributed by atoms with Gasteiger partial charge in [-0.25, -0.2) is 4.79 Å². The van der Waals surface area contributed by atoms with Crippen LogP contribution in [0.1, 0.15) is 66.4 Å². The lowest BCUT2D eigenvalue weighted by Crippen LogP contribution is -2.19. The zero-order valence-corrected chi connectivity index (χ0v) is 18.2. The van der Waals surface area contributed by atoms with Gasteiger partial charge in [0, 0.05) is 11.0 Å². The number of carboxylic acid groups (broad SMARTS) is 1. The molecule has 2 N–H and O–H groups in total. The molecule has 4 rings (SSSR count). The van der Waals surface area contributed by atoms with Gasteiger partial charge in [0.1, 0.15) is 17.9 Å². The van der Waals surface area contributed by atoms with Crippen molar-refractivity contribution in [3.63, 3.8) is 0 Å². The molecule has 2 aliphatic carbocycles. The molecular weight excluding hydrogens is 420 g/mol. The summed E-state index contributed by atoms with van der Waals surface area (Å²) in [5.74, 6) is 0.616. The number of carboxylic acids is 1. The van der Waals surface area contributed by atoms with E-state index in [0.717, 1.165) is 42.6 Å². The van der Waals surface area contributed by atoms with Crippen LogP contribution in [0.2, 0.25) is 5.02 Å². The molecule has 2 aromatic carbocycles. The molecule has 0 amide bonds. The second-order valence-corrected chi connectivity index (χ2v) is 9.30. The number of halogens is 1. The smallest absolute Gasteiger partial charge is 0.335 e. The summed E-state index contributed by atoms with van der Waals surface area (Å²) in [6.07, 6.45) is 5.63. The second kappa shape index (κ2) is 8.79. The van der Waals surface area contributed by atoms with Gasteiger partial charge in [0.15, 0.2) is 0 Å². The van der Waals surface area contributed by atoms with Gasteiger partial charge in [-0.05, 0) is 79.7 Å². The number of nitriles is 1. The van der Waals surface area contributed by atoms with Crippen molar-refractivity contribution >= 4 is 35.2 Å². The van der Waals surface area contributed by atoms with Gasteiger partial charge >= 0.3 is 5.97 Å². The number of benzene rings is 2. The van der Waals surface area contributed by atoms with Crippen molar-refractivity contribution in [1.29, 1.82) is 5.26 Å². The van der Waals surface area contributed by atoms with Gasteiger partial charge in [-0.1, -0.05) is 24.6 Å². The molecule has 0 saturated heterocycles. The third-order valence-electron chi connectivity index (χ3n) is 5.80. The standard InChI is InChI=1S/C23H23ClN2O3S/c1-13-3-2-4-20(13)29-21-11-18(24)16(12-25)9-19(21)26-30-22-10-15(23(27)28)7-8-17(22)14-5-6-14/h7-11,13-14,20,26H,2-6H2,1H3,(H,27,28). The van der Waals surface area contributed by atoms with E-state index >= 15 is 0 Å². The Morgan fingerprint density at radius 2 is 2.07 bits per heavy atom. The minimum atomic E-state index is -0.948. The maximum absolute atomic E-state index is 11.4. The van der Waals surface area contributed by atoms with Gasteiger partial charge in [0.25, 0.3) is 0 Å². The molecule has 2 atom stereocenters. The van der Waals surface area contributed by atoms with E-state index in [1.54, 1.807) is 24.3 Å². The normalized spacial score (nSPS) is 20.6. The van der Waals surface area contributed by atoms with E-state index in [1.165, 1.54) is 11.9 Å². The van der Waals surface area contributed by atoms with Crippen molar-refractivity contribution in [1.82, 2.24) is 0 Å². The topological polar surface area (TPSA) is 82.3 Å². The Hall–Kier alpha value is -2.36. The Bertz CT molecular complexity index is 1020. The minimum absolute atomic E-state index is 0.122. The highest BCUT2D eigenvalue weighted by atomic mass is 35.5. The highest BCUT2D eigenvalue weighted by molar-refractivity contribution is 8.00. The summed E-state index contributed by atoms with van der Waals surface area (Å²) < 4.78 is 9.57. The maximum Gasteiger partial charge on any atom is 0.335 e. The number of ether oxygens (including phenoxy) is 1. The van der Waals surface area contributed by atoms with Crippen LogP contribution in [-0.2, 0) is 0 Å². The molecule has 2 saturated carbocycles. The third kappa shape index (κ3) is 4.53. The van der Waals surface area contributed by atoms with E-state index in [2.05, 4.69) is 17.7 Å². The fourth-order valence-corrected chi connectivity index (χ4v) is 4.98. The lowest BCUT2D eigenvalue weighted by molar-refractivity contribution is 0.0696. The summed E-state index contributed by atoms with van der Waals surface area (Å²) in [7, 11) is 0. The number of nitrogens with zero attached hydrogens (tertiary/aromatic N) is 1.